The molecule has 0 saturated carbocycles. The zero-order valence-corrected chi connectivity index (χ0v) is 17.5. The number of hydrogen-bond acceptors (Lipinski definition) is 4. The summed E-state index contributed by atoms with van der Waals surface area (Å²) in [6.45, 7) is 2.55. The number of amides is 2. The lowest BCUT2D eigenvalue weighted by molar-refractivity contribution is -0.124. The molecule has 1 atom stereocenters. The minimum absolute atomic E-state index is 0.0713. The number of nitrogens with one attached hydrogen (secondary N) is 1. The first-order valence-corrected chi connectivity index (χ1v) is 10.2. The fourth-order valence-electron chi connectivity index (χ4n) is 3.62. The predicted molar refractivity (Wildman–Crippen MR) is 120 cm³/mol. The van der Waals surface area contributed by atoms with Crippen molar-refractivity contribution in [3.8, 4) is 17.2 Å². The molecule has 2 amide bonds. The summed E-state index contributed by atoms with van der Waals surface area (Å²) in [5, 5.41) is 2.92. The van der Waals surface area contributed by atoms with Crippen LogP contribution in [0.5, 0.6) is 17.2 Å². The number of hydrogen-bond donors (Lipinski definition) is 1. The standard InChI is InChI=1S/C25H24N2O4/c1-3-30-18-12-14-20(15-13-18)31-19-10-8-17(9-11-19)26-25(29)22-16-24(28)27(2)23-7-5-4-6-21(22)23/h4-15,22H,3,16H2,1-2H3,(H,26,29). The Morgan fingerprint density at radius 3 is 2.26 bits per heavy atom. The number of carbonyl (C=O) groups is 2. The van der Waals surface area contributed by atoms with E-state index in [1.807, 2.05) is 55.5 Å². The van der Waals surface area contributed by atoms with Crippen molar-refractivity contribution in [2.75, 3.05) is 23.9 Å². The topological polar surface area (TPSA) is 67.9 Å². The molecule has 4 rings (SSSR count). The van der Waals surface area contributed by atoms with Crippen molar-refractivity contribution in [3.63, 3.8) is 0 Å². The molecule has 1 unspecified atom stereocenters. The highest BCUT2D eigenvalue weighted by molar-refractivity contribution is 6.05. The molecule has 0 spiro atoms. The third-order valence-electron chi connectivity index (χ3n) is 5.24. The van der Waals surface area contributed by atoms with Crippen LogP contribution in [-0.2, 0) is 9.59 Å². The summed E-state index contributed by atoms with van der Waals surface area (Å²) in [7, 11) is 1.73. The molecule has 6 nitrogen and oxygen atoms in total. The first-order chi connectivity index (χ1) is 15.0. The second-order valence-electron chi connectivity index (χ2n) is 7.29. The van der Waals surface area contributed by atoms with Crippen LogP contribution in [0.25, 0.3) is 0 Å². The molecule has 0 aromatic heterocycles. The Bertz CT molecular complexity index is 1080. The van der Waals surface area contributed by atoms with Crippen LogP contribution in [0, 0.1) is 0 Å². The fraction of sp³-hybridized carbons (Fsp3) is 0.200. The van der Waals surface area contributed by atoms with Gasteiger partial charge in [0.1, 0.15) is 17.2 Å². The normalized spacial score (nSPS) is 15.2. The van der Waals surface area contributed by atoms with E-state index in [1.165, 1.54) is 0 Å². The lowest BCUT2D eigenvalue weighted by Gasteiger charge is -2.30. The van der Waals surface area contributed by atoms with Gasteiger partial charge in [-0.2, -0.15) is 0 Å². The molecule has 1 heterocycles. The van der Waals surface area contributed by atoms with Crippen LogP contribution in [0.1, 0.15) is 24.8 Å². The number of rotatable bonds is 6. The Morgan fingerprint density at radius 2 is 1.58 bits per heavy atom. The minimum Gasteiger partial charge on any atom is -0.494 e. The van der Waals surface area contributed by atoms with E-state index in [2.05, 4.69) is 5.32 Å². The minimum atomic E-state index is -0.514. The highest BCUT2D eigenvalue weighted by Crippen LogP contribution is 2.36. The van der Waals surface area contributed by atoms with Crippen LogP contribution < -0.4 is 19.7 Å². The molecule has 1 N–H and O–H groups in total. The number of para-hydroxylation sites is 1. The molecule has 1 aliphatic rings. The van der Waals surface area contributed by atoms with Gasteiger partial charge >= 0.3 is 0 Å². The van der Waals surface area contributed by atoms with Crippen LogP contribution >= 0.6 is 0 Å². The molecule has 3 aromatic rings. The first-order valence-electron chi connectivity index (χ1n) is 10.2. The van der Waals surface area contributed by atoms with E-state index < -0.39 is 5.92 Å². The Labute approximate surface area is 181 Å². The van der Waals surface area contributed by atoms with Gasteiger partial charge in [-0.1, -0.05) is 18.2 Å². The third kappa shape index (κ3) is 4.53. The van der Waals surface area contributed by atoms with Gasteiger partial charge < -0.3 is 19.7 Å². The highest BCUT2D eigenvalue weighted by atomic mass is 16.5. The number of benzene rings is 3. The van der Waals surface area contributed by atoms with E-state index in [9.17, 15) is 9.59 Å². The molecule has 0 saturated heterocycles. The molecular formula is C25H24N2O4. The lowest BCUT2D eigenvalue weighted by Crippen LogP contribution is -2.37. The quantitative estimate of drug-likeness (QED) is 0.616. The number of ether oxygens (including phenoxy) is 2. The molecule has 158 valence electrons. The molecule has 0 bridgehead atoms. The molecule has 0 radical (unpaired) electrons. The van der Waals surface area contributed by atoms with E-state index in [1.54, 1.807) is 36.2 Å². The molecule has 31 heavy (non-hydrogen) atoms. The van der Waals surface area contributed by atoms with Gasteiger partial charge in [0.25, 0.3) is 0 Å². The monoisotopic (exact) mass is 416 g/mol. The number of carbonyl (C=O) groups excluding carboxylic acids is 2. The van der Waals surface area contributed by atoms with E-state index in [-0.39, 0.29) is 18.2 Å². The van der Waals surface area contributed by atoms with E-state index in [0.717, 1.165) is 17.0 Å². The van der Waals surface area contributed by atoms with Crippen molar-refractivity contribution in [2.24, 2.45) is 0 Å². The van der Waals surface area contributed by atoms with Crippen molar-refractivity contribution in [1.82, 2.24) is 0 Å². The summed E-state index contributed by atoms with van der Waals surface area (Å²) < 4.78 is 11.3. The molecular weight excluding hydrogens is 392 g/mol. The second kappa shape index (κ2) is 8.92. The van der Waals surface area contributed by atoms with Gasteiger partial charge in [-0.3, -0.25) is 9.59 Å². The predicted octanol–water partition coefficient (Wildman–Crippen LogP) is 4.97. The zero-order chi connectivity index (χ0) is 21.8. The average molecular weight is 416 g/mol. The van der Waals surface area contributed by atoms with Crippen molar-refractivity contribution >= 4 is 23.2 Å². The largest absolute Gasteiger partial charge is 0.494 e. The molecule has 6 heteroatoms. The van der Waals surface area contributed by atoms with Crippen molar-refractivity contribution < 1.29 is 19.1 Å². The maximum Gasteiger partial charge on any atom is 0.232 e. The smallest absolute Gasteiger partial charge is 0.232 e. The van der Waals surface area contributed by atoms with Crippen LogP contribution in [0.4, 0.5) is 11.4 Å². The zero-order valence-electron chi connectivity index (χ0n) is 17.5. The summed E-state index contributed by atoms with van der Waals surface area (Å²) in [6.07, 6.45) is 0.151. The van der Waals surface area contributed by atoms with Gasteiger partial charge in [0, 0.05) is 24.8 Å². The molecule has 1 aliphatic heterocycles. The Hall–Kier alpha value is -3.80. The first kappa shape index (κ1) is 20.5. The summed E-state index contributed by atoms with van der Waals surface area (Å²) in [5.41, 5.74) is 2.28. The SMILES string of the molecule is CCOc1ccc(Oc2ccc(NC(=O)C3CC(=O)N(C)c4ccccc43)cc2)cc1. The third-order valence-corrected chi connectivity index (χ3v) is 5.24. The summed E-state index contributed by atoms with van der Waals surface area (Å²) in [6, 6.07) is 22.1. The van der Waals surface area contributed by atoms with Crippen LogP contribution in [-0.4, -0.2) is 25.5 Å². The van der Waals surface area contributed by atoms with Gasteiger partial charge in [-0.05, 0) is 67.1 Å². The molecule has 3 aromatic carbocycles. The Morgan fingerprint density at radius 1 is 0.968 bits per heavy atom. The van der Waals surface area contributed by atoms with Gasteiger partial charge in [0.05, 0.1) is 12.5 Å². The van der Waals surface area contributed by atoms with Crippen LogP contribution in [0.3, 0.4) is 0 Å². The van der Waals surface area contributed by atoms with Crippen LogP contribution in [0.2, 0.25) is 0 Å². The summed E-state index contributed by atoms with van der Waals surface area (Å²) >= 11 is 0. The van der Waals surface area contributed by atoms with Crippen molar-refractivity contribution in [3.05, 3.63) is 78.4 Å². The average Bonchev–Trinajstić information content (AvgIpc) is 2.79. The van der Waals surface area contributed by atoms with Crippen LogP contribution in [0.15, 0.2) is 72.8 Å². The van der Waals surface area contributed by atoms with E-state index in [0.29, 0.717) is 23.8 Å². The fourth-order valence-corrected chi connectivity index (χ4v) is 3.62. The van der Waals surface area contributed by atoms with Crippen molar-refractivity contribution in [1.29, 1.82) is 0 Å². The maximum absolute atomic E-state index is 12.9. The Balaban J connectivity index is 1.42. The summed E-state index contributed by atoms with van der Waals surface area (Å²) in [5.74, 6) is 1.36. The van der Waals surface area contributed by atoms with Gasteiger partial charge in [0.2, 0.25) is 11.8 Å². The Kier molecular flexibility index (Phi) is 5.89. The number of fused-ring (bicyclic) bond motifs is 1. The lowest BCUT2D eigenvalue weighted by atomic mass is 9.89. The molecule has 0 fully saturated rings. The van der Waals surface area contributed by atoms with E-state index >= 15 is 0 Å². The van der Waals surface area contributed by atoms with Crippen molar-refractivity contribution in [2.45, 2.75) is 19.3 Å². The second-order valence-corrected chi connectivity index (χ2v) is 7.29. The van der Waals surface area contributed by atoms with Gasteiger partial charge in [-0.25, -0.2) is 0 Å². The maximum atomic E-state index is 12.9. The van der Waals surface area contributed by atoms with Gasteiger partial charge in [-0.15, -0.1) is 0 Å². The van der Waals surface area contributed by atoms with Gasteiger partial charge in [0.15, 0.2) is 0 Å². The highest BCUT2D eigenvalue weighted by Gasteiger charge is 2.33. The number of nitrogens with zero attached hydrogens (tertiary/aromatic N) is 1. The summed E-state index contributed by atoms with van der Waals surface area (Å²) in [4.78, 5) is 26.8. The molecule has 0 aliphatic carbocycles. The number of anilines is 2. The van der Waals surface area contributed by atoms with E-state index in [4.69, 9.17) is 9.47 Å².